The van der Waals surface area contributed by atoms with E-state index in [1.54, 1.807) is 4.90 Å². The molecule has 28 heavy (non-hydrogen) atoms. The van der Waals surface area contributed by atoms with E-state index >= 15 is 0 Å². The summed E-state index contributed by atoms with van der Waals surface area (Å²) in [5.41, 5.74) is 0.124. The lowest BCUT2D eigenvalue weighted by Gasteiger charge is -2.32. The highest BCUT2D eigenvalue weighted by molar-refractivity contribution is 5.95. The average Bonchev–Trinajstić information content (AvgIpc) is 2.65. The summed E-state index contributed by atoms with van der Waals surface area (Å²) in [7, 11) is 0. The van der Waals surface area contributed by atoms with Crippen molar-refractivity contribution in [3.8, 4) is 0 Å². The van der Waals surface area contributed by atoms with Gasteiger partial charge in [-0.05, 0) is 23.8 Å². The van der Waals surface area contributed by atoms with E-state index in [9.17, 15) is 22.8 Å². The number of halogens is 3. The minimum Gasteiger partial charge on any atom is -0.366 e. The Hall–Kier alpha value is -2.87. The van der Waals surface area contributed by atoms with E-state index in [4.69, 9.17) is 4.74 Å². The van der Waals surface area contributed by atoms with Gasteiger partial charge in [-0.1, -0.05) is 36.4 Å². The standard InChI is InChI=1S/C20H19F3N2O3/c21-20(22,23)15-7-4-8-16(11-15)24-18(26)12-17-19(27)25(9-10-28-17)13-14-5-2-1-3-6-14/h1-8,11,17H,9-10,12-13H2,(H,24,26)/t17-/m0/s1. The first-order valence-corrected chi connectivity index (χ1v) is 8.74. The number of hydrogen-bond donors (Lipinski definition) is 1. The Balaban J connectivity index is 1.60. The zero-order valence-electron chi connectivity index (χ0n) is 14.9. The maximum absolute atomic E-state index is 12.8. The van der Waals surface area contributed by atoms with Gasteiger partial charge in [0, 0.05) is 18.8 Å². The second-order valence-corrected chi connectivity index (χ2v) is 6.44. The molecule has 1 aliphatic rings. The van der Waals surface area contributed by atoms with E-state index in [1.807, 2.05) is 30.3 Å². The number of nitrogens with zero attached hydrogens (tertiary/aromatic N) is 1. The fraction of sp³-hybridized carbons (Fsp3) is 0.300. The van der Waals surface area contributed by atoms with Gasteiger partial charge in [0.15, 0.2) is 0 Å². The van der Waals surface area contributed by atoms with E-state index in [2.05, 4.69) is 5.32 Å². The van der Waals surface area contributed by atoms with Crippen molar-refractivity contribution >= 4 is 17.5 Å². The van der Waals surface area contributed by atoms with Crippen molar-refractivity contribution in [1.29, 1.82) is 0 Å². The number of ether oxygens (including phenoxy) is 1. The molecule has 2 aromatic rings. The lowest BCUT2D eigenvalue weighted by atomic mass is 10.1. The van der Waals surface area contributed by atoms with Crippen molar-refractivity contribution in [2.24, 2.45) is 0 Å². The van der Waals surface area contributed by atoms with Crippen LogP contribution in [0.15, 0.2) is 54.6 Å². The monoisotopic (exact) mass is 392 g/mol. The number of rotatable bonds is 5. The van der Waals surface area contributed by atoms with Crippen LogP contribution in [-0.2, 0) is 27.0 Å². The molecule has 0 radical (unpaired) electrons. The summed E-state index contributed by atoms with van der Waals surface area (Å²) in [4.78, 5) is 26.4. The molecule has 1 saturated heterocycles. The van der Waals surface area contributed by atoms with Gasteiger partial charge in [-0.3, -0.25) is 9.59 Å². The predicted molar refractivity (Wildman–Crippen MR) is 96.3 cm³/mol. The molecule has 1 heterocycles. The number of alkyl halides is 3. The number of morpholine rings is 1. The first kappa shape index (κ1) is 19.9. The van der Waals surface area contributed by atoms with Crippen LogP contribution in [0, 0.1) is 0 Å². The Kier molecular flexibility index (Phi) is 5.99. The third-order valence-corrected chi connectivity index (χ3v) is 4.33. The summed E-state index contributed by atoms with van der Waals surface area (Å²) in [5, 5.41) is 2.40. The van der Waals surface area contributed by atoms with Crippen molar-refractivity contribution < 1.29 is 27.5 Å². The van der Waals surface area contributed by atoms with Crippen LogP contribution in [0.1, 0.15) is 17.5 Å². The number of anilines is 1. The fourth-order valence-electron chi connectivity index (χ4n) is 2.95. The zero-order valence-corrected chi connectivity index (χ0v) is 14.9. The van der Waals surface area contributed by atoms with Crippen LogP contribution in [0.3, 0.4) is 0 Å². The van der Waals surface area contributed by atoms with E-state index in [-0.39, 0.29) is 18.0 Å². The van der Waals surface area contributed by atoms with Gasteiger partial charge in [-0.2, -0.15) is 13.2 Å². The average molecular weight is 392 g/mol. The largest absolute Gasteiger partial charge is 0.416 e. The Labute approximate surface area is 160 Å². The number of carbonyl (C=O) groups is 2. The van der Waals surface area contributed by atoms with Crippen LogP contribution in [0.2, 0.25) is 0 Å². The molecular weight excluding hydrogens is 373 g/mol. The first-order valence-electron chi connectivity index (χ1n) is 8.74. The molecule has 1 aliphatic heterocycles. The lowest BCUT2D eigenvalue weighted by Crippen LogP contribution is -2.48. The van der Waals surface area contributed by atoms with Crippen molar-refractivity contribution in [3.63, 3.8) is 0 Å². The van der Waals surface area contributed by atoms with Gasteiger partial charge in [-0.15, -0.1) is 0 Å². The second-order valence-electron chi connectivity index (χ2n) is 6.44. The van der Waals surface area contributed by atoms with Gasteiger partial charge in [-0.25, -0.2) is 0 Å². The molecule has 0 saturated carbocycles. The van der Waals surface area contributed by atoms with Gasteiger partial charge in [0.2, 0.25) is 5.91 Å². The number of amides is 2. The maximum atomic E-state index is 12.8. The molecule has 0 unspecified atom stereocenters. The van der Waals surface area contributed by atoms with Crippen LogP contribution >= 0.6 is 0 Å². The minimum absolute atomic E-state index is 0.0178. The molecule has 0 aromatic heterocycles. The predicted octanol–water partition coefficient (Wildman–Crippen LogP) is 3.46. The van der Waals surface area contributed by atoms with Gasteiger partial charge in [0.05, 0.1) is 18.6 Å². The summed E-state index contributed by atoms with van der Waals surface area (Å²) < 4.78 is 43.7. The number of nitrogens with one attached hydrogen (secondary N) is 1. The van der Waals surface area contributed by atoms with Crippen molar-refractivity contribution in [2.45, 2.75) is 25.2 Å². The fourth-order valence-corrected chi connectivity index (χ4v) is 2.95. The third kappa shape index (κ3) is 5.10. The normalized spacial score (nSPS) is 17.5. The first-order chi connectivity index (χ1) is 13.3. The molecular formula is C20H19F3N2O3. The molecule has 5 nitrogen and oxygen atoms in total. The zero-order chi connectivity index (χ0) is 20.1. The molecule has 0 bridgehead atoms. The summed E-state index contributed by atoms with van der Waals surface area (Å²) in [5.74, 6) is -0.895. The van der Waals surface area contributed by atoms with Crippen molar-refractivity contribution in [2.75, 3.05) is 18.5 Å². The molecule has 8 heteroatoms. The van der Waals surface area contributed by atoms with Gasteiger partial charge < -0.3 is 15.0 Å². The molecule has 0 aliphatic carbocycles. The maximum Gasteiger partial charge on any atom is 0.416 e. The van der Waals surface area contributed by atoms with E-state index < -0.39 is 23.8 Å². The van der Waals surface area contributed by atoms with Crippen LogP contribution in [0.25, 0.3) is 0 Å². The number of benzene rings is 2. The molecule has 148 valence electrons. The minimum atomic E-state index is -4.50. The number of hydrogen-bond acceptors (Lipinski definition) is 3. The summed E-state index contributed by atoms with van der Waals surface area (Å²) in [6.45, 7) is 1.12. The summed E-state index contributed by atoms with van der Waals surface area (Å²) in [6.07, 6.45) is -5.72. The van der Waals surface area contributed by atoms with E-state index in [0.717, 1.165) is 17.7 Å². The molecule has 1 atom stereocenters. The molecule has 2 aromatic carbocycles. The van der Waals surface area contributed by atoms with Crippen LogP contribution < -0.4 is 5.32 Å². The number of carbonyl (C=O) groups excluding carboxylic acids is 2. The van der Waals surface area contributed by atoms with Crippen LogP contribution in [0.5, 0.6) is 0 Å². The van der Waals surface area contributed by atoms with Gasteiger partial charge >= 0.3 is 6.18 Å². The molecule has 1 fully saturated rings. The Bertz CT molecular complexity index is 840. The third-order valence-electron chi connectivity index (χ3n) is 4.33. The smallest absolute Gasteiger partial charge is 0.366 e. The van der Waals surface area contributed by atoms with E-state index in [0.29, 0.717) is 19.7 Å². The van der Waals surface area contributed by atoms with Gasteiger partial charge in [0.25, 0.3) is 5.91 Å². The quantitative estimate of drug-likeness (QED) is 0.848. The Morgan fingerprint density at radius 2 is 1.89 bits per heavy atom. The van der Waals surface area contributed by atoms with Gasteiger partial charge in [0.1, 0.15) is 6.10 Å². The highest BCUT2D eigenvalue weighted by atomic mass is 19.4. The summed E-state index contributed by atoms with van der Waals surface area (Å²) >= 11 is 0. The molecule has 1 N–H and O–H groups in total. The molecule has 3 rings (SSSR count). The molecule has 2 amide bonds. The topological polar surface area (TPSA) is 58.6 Å². The summed E-state index contributed by atoms with van der Waals surface area (Å²) in [6, 6.07) is 13.8. The van der Waals surface area contributed by atoms with Crippen molar-refractivity contribution in [1.82, 2.24) is 4.90 Å². The van der Waals surface area contributed by atoms with E-state index in [1.165, 1.54) is 12.1 Å². The molecule has 0 spiro atoms. The van der Waals surface area contributed by atoms with Crippen LogP contribution in [0.4, 0.5) is 18.9 Å². The second kappa shape index (κ2) is 8.43. The Morgan fingerprint density at radius 3 is 2.61 bits per heavy atom. The lowest BCUT2D eigenvalue weighted by molar-refractivity contribution is -0.155. The Morgan fingerprint density at radius 1 is 1.14 bits per heavy atom. The highest BCUT2D eigenvalue weighted by Gasteiger charge is 2.32. The van der Waals surface area contributed by atoms with Crippen molar-refractivity contribution in [3.05, 3.63) is 65.7 Å². The highest BCUT2D eigenvalue weighted by Crippen LogP contribution is 2.30. The van der Waals surface area contributed by atoms with Crippen LogP contribution in [-0.4, -0.2) is 36.0 Å². The SMILES string of the molecule is O=C(C[C@@H]1OCCN(Cc2ccccc2)C1=O)Nc1cccc(C(F)(F)F)c1.